The minimum Gasteiger partial charge on any atom is -0.483 e. The Labute approximate surface area is 175 Å². The lowest BCUT2D eigenvalue weighted by Crippen LogP contribution is -2.49. The van der Waals surface area contributed by atoms with Crippen LogP contribution in [0.1, 0.15) is 38.2 Å². The normalized spacial score (nSPS) is 19.5. The Morgan fingerprint density at radius 1 is 1.20 bits per heavy atom. The number of aromatic nitrogens is 2. The van der Waals surface area contributed by atoms with Gasteiger partial charge in [0.15, 0.2) is 0 Å². The molecule has 0 bridgehead atoms. The summed E-state index contributed by atoms with van der Waals surface area (Å²) < 4.78 is 0. The fourth-order valence-electron chi connectivity index (χ4n) is 3.92. The van der Waals surface area contributed by atoms with Crippen LogP contribution < -0.4 is 10.6 Å². The Bertz CT molecular complexity index is 675. The molecule has 0 saturated carbocycles. The van der Waals surface area contributed by atoms with E-state index in [2.05, 4.69) is 26.7 Å². The highest BCUT2D eigenvalue weighted by atomic mass is 16.4. The Morgan fingerprint density at radius 2 is 1.80 bits per heavy atom. The van der Waals surface area contributed by atoms with Crippen LogP contribution in [-0.2, 0) is 20.8 Å². The summed E-state index contributed by atoms with van der Waals surface area (Å²) in [7, 11) is 0. The number of carboxylic acids is 1. The monoisotopic (exact) mass is 425 g/mol. The van der Waals surface area contributed by atoms with Gasteiger partial charge in [0.25, 0.3) is 12.9 Å². The van der Waals surface area contributed by atoms with Gasteiger partial charge in [0, 0.05) is 37.4 Å². The van der Waals surface area contributed by atoms with Gasteiger partial charge >= 0.3 is 5.97 Å². The van der Waals surface area contributed by atoms with E-state index >= 15 is 0 Å². The summed E-state index contributed by atoms with van der Waals surface area (Å²) in [5, 5.41) is 23.0. The second-order valence-corrected chi connectivity index (χ2v) is 7.03. The summed E-state index contributed by atoms with van der Waals surface area (Å²) in [5.74, 6) is 0.432. The fourth-order valence-corrected chi connectivity index (χ4v) is 3.92. The van der Waals surface area contributed by atoms with Crippen molar-refractivity contribution in [1.82, 2.24) is 14.9 Å². The lowest BCUT2D eigenvalue weighted by atomic mass is 9.94. The molecule has 3 rings (SSSR count). The molecule has 2 saturated heterocycles. The molecule has 0 spiro atoms. The zero-order chi connectivity index (χ0) is 22.5. The molecule has 0 aliphatic carbocycles. The highest BCUT2D eigenvalue weighted by Crippen LogP contribution is 2.27. The van der Waals surface area contributed by atoms with Crippen molar-refractivity contribution in [1.29, 1.82) is 0 Å². The highest BCUT2D eigenvalue weighted by molar-refractivity contribution is 5.70. The summed E-state index contributed by atoms with van der Waals surface area (Å²) in [6, 6.07) is 0.479. The molecular formula is C19H31N5O6. The zero-order valence-corrected chi connectivity index (χ0v) is 17.2. The lowest BCUT2D eigenvalue weighted by molar-refractivity contribution is -0.144. The van der Waals surface area contributed by atoms with E-state index in [1.54, 1.807) is 0 Å². The fraction of sp³-hybridized carbons (Fsp3) is 0.632. The van der Waals surface area contributed by atoms with E-state index in [1.807, 2.05) is 6.20 Å². The van der Waals surface area contributed by atoms with Crippen LogP contribution in [0, 0.1) is 5.92 Å². The van der Waals surface area contributed by atoms with Crippen molar-refractivity contribution in [2.45, 2.75) is 45.1 Å². The van der Waals surface area contributed by atoms with Crippen LogP contribution >= 0.6 is 0 Å². The van der Waals surface area contributed by atoms with Gasteiger partial charge < -0.3 is 26.0 Å². The first-order chi connectivity index (χ1) is 14.4. The van der Waals surface area contributed by atoms with E-state index in [0.29, 0.717) is 18.5 Å². The van der Waals surface area contributed by atoms with Gasteiger partial charge in [-0.25, -0.2) is 4.98 Å². The Morgan fingerprint density at radius 3 is 2.33 bits per heavy atom. The van der Waals surface area contributed by atoms with Crippen LogP contribution in [0.25, 0.3) is 0 Å². The number of aliphatic carboxylic acids is 1. The maximum atomic E-state index is 11.3. The highest BCUT2D eigenvalue weighted by Gasteiger charge is 2.32. The van der Waals surface area contributed by atoms with Crippen LogP contribution in [-0.4, -0.2) is 81.3 Å². The number of hydrogen-bond donors (Lipinski definition) is 4. The zero-order valence-electron chi connectivity index (χ0n) is 17.2. The molecule has 0 aromatic carbocycles. The number of anilines is 2. The molecule has 1 unspecified atom stereocenters. The first kappa shape index (κ1) is 25.1. The first-order valence-corrected chi connectivity index (χ1v) is 9.90. The molecule has 2 fully saturated rings. The molecule has 3 heterocycles. The SMILES string of the molecule is CCc1cnc(N)nc1N1CCC(N2CCCC(C(=O)O)C2)CC1.O=CO.O=CO. The smallest absolute Gasteiger partial charge is 0.307 e. The molecule has 2 aliphatic rings. The minimum absolute atomic E-state index is 0.204. The summed E-state index contributed by atoms with van der Waals surface area (Å²) in [4.78, 5) is 41.2. The molecule has 5 N–H and O–H groups in total. The van der Waals surface area contributed by atoms with Crippen molar-refractivity contribution in [3.63, 3.8) is 0 Å². The van der Waals surface area contributed by atoms with E-state index in [9.17, 15) is 9.90 Å². The van der Waals surface area contributed by atoms with E-state index in [1.165, 1.54) is 0 Å². The maximum Gasteiger partial charge on any atom is 0.307 e. The lowest BCUT2D eigenvalue weighted by Gasteiger charge is -2.42. The minimum atomic E-state index is -0.652. The summed E-state index contributed by atoms with van der Waals surface area (Å²) in [5.41, 5.74) is 6.90. The maximum absolute atomic E-state index is 11.3. The molecule has 11 nitrogen and oxygen atoms in total. The van der Waals surface area contributed by atoms with Crippen molar-refractivity contribution in [3.05, 3.63) is 11.8 Å². The molecule has 11 heteroatoms. The van der Waals surface area contributed by atoms with Crippen molar-refractivity contribution in [2.75, 3.05) is 36.8 Å². The summed E-state index contributed by atoms with van der Waals surface area (Å²) in [6.45, 7) is 5.19. The third-order valence-electron chi connectivity index (χ3n) is 5.32. The van der Waals surface area contributed by atoms with Gasteiger partial charge in [0.1, 0.15) is 5.82 Å². The number of hydrogen-bond acceptors (Lipinski definition) is 8. The average Bonchev–Trinajstić information content (AvgIpc) is 2.75. The van der Waals surface area contributed by atoms with Gasteiger partial charge in [-0.3, -0.25) is 19.3 Å². The molecule has 0 radical (unpaired) electrons. The van der Waals surface area contributed by atoms with Gasteiger partial charge in [0.2, 0.25) is 5.95 Å². The number of piperidine rings is 2. The van der Waals surface area contributed by atoms with Gasteiger partial charge in [0.05, 0.1) is 5.92 Å². The quantitative estimate of drug-likeness (QED) is 0.503. The third kappa shape index (κ3) is 7.47. The number of carbonyl (C=O) groups is 3. The van der Waals surface area contributed by atoms with Gasteiger partial charge in [-0.1, -0.05) is 6.92 Å². The number of rotatable bonds is 4. The van der Waals surface area contributed by atoms with Crippen molar-refractivity contribution < 1.29 is 29.7 Å². The molecule has 1 aromatic rings. The predicted octanol–water partition coefficient (Wildman–Crippen LogP) is 0.788. The number of nitrogens with two attached hydrogens (primary N) is 1. The van der Waals surface area contributed by atoms with E-state index in [4.69, 9.17) is 25.5 Å². The van der Waals surface area contributed by atoms with Crippen LogP contribution in [0.2, 0.25) is 0 Å². The number of carboxylic acid groups (broad SMARTS) is 3. The topological polar surface area (TPSA) is 170 Å². The summed E-state index contributed by atoms with van der Waals surface area (Å²) >= 11 is 0. The van der Waals surface area contributed by atoms with Gasteiger partial charge in [-0.15, -0.1) is 0 Å². The van der Waals surface area contributed by atoms with Crippen molar-refractivity contribution in [2.24, 2.45) is 5.92 Å². The van der Waals surface area contributed by atoms with Gasteiger partial charge in [-0.05, 0) is 38.6 Å². The van der Waals surface area contributed by atoms with Crippen molar-refractivity contribution in [3.8, 4) is 0 Å². The second kappa shape index (κ2) is 13.3. The van der Waals surface area contributed by atoms with Crippen LogP contribution in [0.5, 0.6) is 0 Å². The molecular weight excluding hydrogens is 394 g/mol. The number of nitrogens with zero attached hydrogens (tertiary/aromatic N) is 4. The molecule has 0 amide bonds. The molecule has 168 valence electrons. The van der Waals surface area contributed by atoms with Crippen molar-refractivity contribution >= 4 is 30.7 Å². The Kier molecular flexibility index (Phi) is 11.1. The molecule has 1 atom stereocenters. The largest absolute Gasteiger partial charge is 0.483 e. The summed E-state index contributed by atoms with van der Waals surface area (Å²) in [6.07, 6.45) is 6.59. The molecule has 2 aliphatic heterocycles. The number of aryl methyl sites for hydroxylation is 1. The van der Waals surface area contributed by atoms with Crippen LogP contribution in [0.4, 0.5) is 11.8 Å². The van der Waals surface area contributed by atoms with E-state index in [-0.39, 0.29) is 18.9 Å². The number of nitrogen functional groups attached to an aromatic ring is 1. The molecule has 30 heavy (non-hydrogen) atoms. The van der Waals surface area contributed by atoms with Gasteiger partial charge in [-0.2, -0.15) is 4.98 Å². The standard InChI is InChI=1S/C17H27N5O2.2CH2O2/c1-2-12-10-19-17(18)20-15(12)21-8-5-14(6-9-21)22-7-3-4-13(11-22)16(23)24;2*2-1-3/h10,13-14H,2-9,11H2,1H3,(H,23,24)(H2,18,19,20);2*1H,(H,2,3). The average molecular weight is 425 g/mol. The third-order valence-corrected chi connectivity index (χ3v) is 5.32. The predicted molar refractivity (Wildman–Crippen MR) is 110 cm³/mol. The Balaban J connectivity index is 0.000000672. The van der Waals surface area contributed by atoms with Crippen LogP contribution in [0.3, 0.4) is 0 Å². The second-order valence-electron chi connectivity index (χ2n) is 7.03. The number of likely N-dealkylation sites (tertiary alicyclic amines) is 1. The van der Waals surface area contributed by atoms with E-state index < -0.39 is 5.97 Å². The van der Waals surface area contributed by atoms with E-state index in [0.717, 1.165) is 63.1 Å². The molecule has 1 aromatic heterocycles. The Hall–Kier alpha value is -2.95. The first-order valence-electron chi connectivity index (χ1n) is 9.90. The van der Waals surface area contributed by atoms with Crippen LogP contribution in [0.15, 0.2) is 6.20 Å².